The Morgan fingerprint density at radius 2 is 1.39 bits per heavy atom. The molecule has 9 heteroatoms. The Balaban J connectivity index is 2.18. The highest BCUT2D eigenvalue weighted by Crippen LogP contribution is 2.32. The van der Waals surface area contributed by atoms with E-state index in [2.05, 4.69) is 40.9 Å². The second-order valence-corrected chi connectivity index (χ2v) is 12.4. The van der Waals surface area contributed by atoms with E-state index in [4.69, 9.17) is 19.7 Å². The molecule has 0 aliphatic carbocycles. The SMILES string of the molecule is C=C(CO)C(=O)OCC(COC(=O)C(=C)CO)c1ccc(-c2ccc(CCC(C)C[C@H](C)C(C)CCCCC)c(F)c2F)c(F)c1. The second kappa shape index (κ2) is 19.3. The average Bonchev–Trinajstić information content (AvgIpc) is 3.04. The van der Waals surface area contributed by atoms with E-state index in [0.29, 0.717) is 30.6 Å². The minimum absolute atomic E-state index is 0.166. The lowest BCUT2D eigenvalue weighted by atomic mass is 9.83. The summed E-state index contributed by atoms with van der Waals surface area (Å²) in [5.74, 6) is -4.17. The number of unbranched alkanes of at least 4 members (excludes halogenated alkanes) is 2. The van der Waals surface area contributed by atoms with Gasteiger partial charge in [-0.2, -0.15) is 0 Å². The van der Waals surface area contributed by atoms with Crippen LogP contribution in [-0.2, 0) is 25.5 Å². The van der Waals surface area contributed by atoms with Crippen LogP contribution >= 0.6 is 0 Å². The molecular weight excluding hydrogens is 597 g/mol. The third-order valence-electron chi connectivity index (χ3n) is 8.62. The molecule has 254 valence electrons. The van der Waals surface area contributed by atoms with Crippen molar-refractivity contribution in [1.29, 1.82) is 0 Å². The Bertz CT molecular complexity index is 1310. The molecule has 0 aliphatic heterocycles. The molecule has 0 spiro atoms. The normalized spacial score (nSPS) is 13.3. The van der Waals surface area contributed by atoms with Gasteiger partial charge in [0.15, 0.2) is 11.6 Å². The maximum absolute atomic E-state index is 15.4. The Kier molecular flexibility index (Phi) is 16.2. The van der Waals surface area contributed by atoms with Gasteiger partial charge in [-0.25, -0.2) is 22.8 Å². The smallest absolute Gasteiger partial charge is 0.335 e. The second-order valence-electron chi connectivity index (χ2n) is 12.4. The zero-order chi connectivity index (χ0) is 34.4. The van der Waals surface area contributed by atoms with Gasteiger partial charge in [0, 0.05) is 11.1 Å². The van der Waals surface area contributed by atoms with E-state index in [1.54, 1.807) is 0 Å². The highest BCUT2D eigenvalue weighted by atomic mass is 19.2. The third-order valence-corrected chi connectivity index (χ3v) is 8.62. The van der Waals surface area contributed by atoms with Crippen LogP contribution in [0.5, 0.6) is 0 Å². The molecule has 6 nitrogen and oxygen atoms in total. The molecule has 3 atom stereocenters. The minimum atomic E-state index is -1.14. The molecule has 2 unspecified atom stereocenters. The van der Waals surface area contributed by atoms with Gasteiger partial charge in [-0.15, -0.1) is 0 Å². The van der Waals surface area contributed by atoms with Crippen molar-refractivity contribution in [3.63, 3.8) is 0 Å². The first kappa shape index (κ1) is 38.8. The number of benzene rings is 2. The maximum atomic E-state index is 15.4. The fourth-order valence-corrected chi connectivity index (χ4v) is 5.31. The van der Waals surface area contributed by atoms with Gasteiger partial charge in [0.1, 0.15) is 19.0 Å². The lowest BCUT2D eigenvalue weighted by Crippen LogP contribution is -2.21. The number of esters is 2. The number of carbonyl (C=O) groups is 2. The largest absolute Gasteiger partial charge is 0.461 e. The van der Waals surface area contributed by atoms with Crippen molar-refractivity contribution in [3.05, 3.63) is 83.2 Å². The van der Waals surface area contributed by atoms with Crippen molar-refractivity contribution in [3.8, 4) is 11.1 Å². The Labute approximate surface area is 271 Å². The average molecular weight is 647 g/mol. The van der Waals surface area contributed by atoms with E-state index >= 15 is 13.2 Å². The summed E-state index contributed by atoms with van der Waals surface area (Å²) in [4.78, 5) is 24.0. The lowest BCUT2D eigenvalue weighted by molar-refractivity contribution is -0.142. The van der Waals surface area contributed by atoms with Crippen LogP contribution in [0.25, 0.3) is 11.1 Å². The van der Waals surface area contributed by atoms with Gasteiger partial charge in [0.2, 0.25) is 0 Å². The first-order valence-electron chi connectivity index (χ1n) is 16.0. The molecule has 0 radical (unpaired) electrons. The van der Waals surface area contributed by atoms with E-state index < -0.39 is 48.5 Å². The number of rotatable bonds is 20. The molecule has 0 aliphatic rings. The summed E-state index contributed by atoms with van der Waals surface area (Å²) >= 11 is 0. The van der Waals surface area contributed by atoms with Crippen molar-refractivity contribution in [2.24, 2.45) is 17.8 Å². The van der Waals surface area contributed by atoms with E-state index in [0.717, 1.165) is 12.5 Å². The summed E-state index contributed by atoms with van der Waals surface area (Å²) in [6.45, 7) is 13.6. The van der Waals surface area contributed by atoms with E-state index in [1.165, 1.54) is 49.9 Å². The highest BCUT2D eigenvalue weighted by molar-refractivity contribution is 5.88. The third kappa shape index (κ3) is 11.4. The summed E-state index contributed by atoms with van der Waals surface area (Å²) in [6, 6.07) is 6.65. The number of aryl methyl sites for hydroxylation is 1. The molecule has 0 heterocycles. The number of aliphatic hydroxyl groups excluding tert-OH is 2. The molecule has 0 aromatic heterocycles. The monoisotopic (exact) mass is 646 g/mol. The minimum Gasteiger partial charge on any atom is -0.461 e. The summed E-state index contributed by atoms with van der Waals surface area (Å²) in [7, 11) is 0. The zero-order valence-corrected chi connectivity index (χ0v) is 27.5. The molecule has 0 amide bonds. The van der Waals surface area contributed by atoms with Gasteiger partial charge >= 0.3 is 11.9 Å². The van der Waals surface area contributed by atoms with E-state index in [-0.39, 0.29) is 46.6 Å². The molecule has 0 bridgehead atoms. The Hall–Kier alpha value is -3.43. The van der Waals surface area contributed by atoms with Gasteiger partial charge in [0.25, 0.3) is 0 Å². The molecule has 0 saturated heterocycles. The van der Waals surface area contributed by atoms with Crippen molar-refractivity contribution in [2.45, 2.75) is 78.6 Å². The molecule has 2 aromatic rings. The van der Waals surface area contributed by atoms with Gasteiger partial charge < -0.3 is 19.7 Å². The molecular formula is C37H49F3O6. The van der Waals surface area contributed by atoms with Gasteiger partial charge in [-0.05, 0) is 54.2 Å². The number of carbonyl (C=O) groups excluding carboxylic acids is 2. The van der Waals surface area contributed by atoms with E-state index in [9.17, 15) is 9.59 Å². The quantitative estimate of drug-likeness (QED) is 0.0865. The van der Waals surface area contributed by atoms with Gasteiger partial charge in [0.05, 0.1) is 30.3 Å². The summed E-state index contributed by atoms with van der Waals surface area (Å²) in [6.07, 6.45) is 6.95. The van der Waals surface area contributed by atoms with Crippen LogP contribution in [-0.4, -0.2) is 48.6 Å². The molecule has 2 rings (SSSR count). The van der Waals surface area contributed by atoms with Crippen LogP contribution in [0.3, 0.4) is 0 Å². The molecule has 2 aromatic carbocycles. The number of halogens is 3. The number of hydrogen-bond acceptors (Lipinski definition) is 6. The Morgan fingerprint density at radius 3 is 1.93 bits per heavy atom. The molecule has 0 saturated carbocycles. The predicted octanol–water partition coefficient (Wildman–Crippen LogP) is 7.85. The molecule has 2 N–H and O–H groups in total. The number of hydrogen-bond donors (Lipinski definition) is 2. The first-order chi connectivity index (χ1) is 21.8. The number of ether oxygens (including phenoxy) is 2. The molecule has 0 fully saturated rings. The van der Waals surface area contributed by atoms with Crippen molar-refractivity contribution >= 4 is 11.9 Å². The van der Waals surface area contributed by atoms with Crippen LogP contribution < -0.4 is 0 Å². The first-order valence-corrected chi connectivity index (χ1v) is 16.0. The lowest BCUT2D eigenvalue weighted by Gasteiger charge is -2.23. The standard InChI is InChI=1S/C37H49F3O6/c1-7-8-9-10-24(3)25(4)17-23(2)11-12-28-13-16-32(35(40)34(28)39)31-15-14-29(18-33(31)38)30(21-45-36(43)26(5)19-41)22-46-37(44)27(6)20-42/h13-16,18,23-25,30,41-42H,5-12,17,19-22H2,1-4H3/t23?,24?,25-/m0/s1. The van der Waals surface area contributed by atoms with Crippen molar-refractivity contribution < 1.29 is 42.4 Å². The van der Waals surface area contributed by atoms with Crippen LogP contribution in [0.4, 0.5) is 13.2 Å². The molecule has 46 heavy (non-hydrogen) atoms. The van der Waals surface area contributed by atoms with Crippen LogP contribution in [0.1, 0.15) is 83.3 Å². The van der Waals surface area contributed by atoms with Crippen molar-refractivity contribution in [2.75, 3.05) is 26.4 Å². The van der Waals surface area contributed by atoms with Crippen LogP contribution in [0, 0.1) is 35.2 Å². The van der Waals surface area contributed by atoms with Gasteiger partial charge in [-0.1, -0.05) is 90.8 Å². The highest BCUT2D eigenvalue weighted by Gasteiger charge is 2.23. The fraction of sp³-hybridized carbons (Fsp3) is 0.514. The number of aliphatic hydroxyl groups is 2. The summed E-state index contributed by atoms with van der Waals surface area (Å²) in [5, 5.41) is 18.2. The Morgan fingerprint density at radius 1 is 0.804 bits per heavy atom. The maximum Gasteiger partial charge on any atom is 0.335 e. The zero-order valence-electron chi connectivity index (χ0n) is 27.5. The van der Waals surface area contributed by atoms with Crippen LogP contribution in [0.15, 0.2) is 54.6 Å². The van der Waals surface area contributed by atoms with Gasteiger partial charge in [-0.3, -0.25) is 0 Å². The van der Waals surface area contributed by atoms with E-state index in [1.807, 2.05) is 0 Å². The van der Waals surface area contributed by atoms with Crippen molar-refractivity contribution in [1.82, 2.24) is 0 Å². The summed E-state index contributed by atoms with van der Waals surface area (Å²) < 4.78 is 56.2. The topological polar surface area (TPSA) is 93.1 Å². The summed E-state index contributed by atoms with van der Waals surface area (Å²) in [5.41, 5.74) is -0.328. The predicted molar refractivity (Wildman–Crippen MR) is 173 cm³/mol. The fourth-order valence-electron chi connectivity index (χ4n) is 5.31. The van der Waals surface area contributed by atoms with Crippen LogP contribution in [0.2, 0.25) is 0 Å².